The Hall–Kier alpha value is -3.28. The molecule has 1 aromatic heterocycles. The topological polar surface area (TPSA) is 87.4 Å². The molecule has 3 N–H and O–H groups in total. The lowest BCUT2D eigenvalue weighted by atomic mass is 10.1. The summed E-state index contributed by atoms with van der Waals surface area (Å²) in [5.41, 5.74) is 2.45. The number of carbonyl (C=O) groups is 1. The first-order chi connectivity index (χ1) is 11.6. The van der Waals surface area contributed by atoms with E-state index in [1.807, 2.05) is 28.8 Å². The molecule has 0 bridgehead atoms. The molecular formula is C18H15N3O3. The molecule has 0 atom stereocenters. The highest BCUT2D eigenvalue weighted by molar-refractivity contribution is 6.25. The van der Waals surface area contributed by atoms with E-state index in [1.165, 1.54) is 12.1 Å². The minimum atomic E-state index is -0.422. The molecule has 120 valence electrons. The predicted molar refractivity (Wildman–Crippen MR) is 90.6 cm³/mol. The van der Waals surface area contributed by atoms with Gasteiger partial charge in [0.1, 0.15) is 22.9 Å². The number of imidazole rings is 1. The van der Waals surface area contributed by atoms with E-state index < -0.39 is 5.91 Å². The van der Waals surface area contributed by atoms with E-state index in [4.69, 9.17) is 0 Å². The van der Waals surface area contributed by atoms with E-state index in [0.29, 0.717) is 24.5 Å². The highest BCUT2D eigenvalue weighted by Gasteiger charge is 2.27. The van der Waals surface area contributed by atoms with E-state index in [9.17, 15) is 15.0 Å². The Kier molecular flexibility index (Phi) is 3.23. The fraction of sp³-hybridized carbons (Fsp3) is 0.111. The zero-order valence-electron chi connectivity index (χ0n) is 12.7. The molecular weight excluding hydrogens is 306 g/mol. The molecule has 24 heavy (non-hydrogen) atoms. The van der Waals surface area contributed by atoms with Crippen molar-refractivity contribution < 1.29 is 15.0 Å². The number of nitrogens with one attached hydrogen (secondary N) is 1. The number of rotatable bonds is 2. The molecule has 6 nitrogen and oxygen atoms in total. The van der Waals surface area contributed by atoms with Gasteiger partial charge in [0.2, 0.25) is 0 Å². The van der Waals surface area contributed by atoms with Crippen LogP contribution >= 0.6 is 0 Å². The summed E-state index contributed by atoms with van der Waals surface area (Å²) in [5, 5.41) is 22.3. The summed E-state index contributed by atoms with van der Waals surface area (Å²) in [4.78, 5) is 17.2. The van der Waals surface area contributed by atoms with Crippen LogP contribution in [0.5, 0.6) is 5.75 Å². The Morgan fingerprint density at radius 1 is 1.08 bits per heavy atom. The number of para-hydroxylation sites is 2. The number of carbonyl (C=O) groups excluding carboxylic acids is 1. The maximum atomic E-state index is 12.7. The maximum Gasteiger partial charge on any atom is 0.262 e. The van der Waals surface area contributed by atoms with Gasteiger partial charge in [-0.05, 0) is 36.4 Å². The van der Waals surface area contributed by atoms with Gasteiger partial charge in [0.25, 0.3) is 5.91 Å². The Morgan fingerprint density at radius 2 is 1.83 bits per heavy atom. The highest BCUT2D eigenvalue weighted by Crippen LogP contribution is 2.30. The molecule has 1 aliphatic rings. The second-order valence-electron chi connectivity index (χ2n) is 5.65. The number of phenols is 1. The van der Waals surface area contributed by atoms with Gasteiger partial charge in [-0.25, -0.2) is 4.98 Å². The normalized spacial score (nSPS) is 13.8. The van der Waals surface area contributed by atoms with Crippen molar-refractivity contribution in [2.75, 3.05) is 5.32 Å². The fourth-order valence-corrected chi connectivity index (χ4v) is 2.94. The number of aliphatic hydroxyl groups is 1. The SMILES string of the molecule is O=C(Nc1ccc(O)cc1)C1=C(O)CCn2c1nc1ccccc12. The summed E-state index contributed by atoms with van der Waals surface area (Å²) >= 11 is 0. The lowest BCUT2D eigenvalue weighted by molar-refractivity contribution is -0.111. The van der Waals surface area contributed by atoms with Crippen LogP contribution in [0.25, 0.3) is 16.6 Å². The number of benzene rings is 2. The zero-order chi connectivity index (χ0) is 16.7. The van der Waals surface area contributed by atoms with Crippen molar-refractivity contribution in [2.45, 2.75) is 13.0 Å². The second-order valence-corrected chi connectivity index (χ2v) is 5.65. The molecule has 0 fully saturated rings. The number of aromatic hydroxyl groups is 1. The number of aromatic nitrogens is 2. The average molecular weight is 321 g/mol. The maximum absolute atomic E-state index is 12.7. The minimum absolute atomic E-state index is 0.0362. The number of aliphatic hydroxyl groups excluding tert-OH is 1. The van der Waals surface area contributed by atoms with Gasteiger partial charge < -0.3 is 20.1 Å². The van der Waals surface area contributed by atoms with Crippen molar-refractivity contribution in [1.29, 1.82) is 0 Å². The van der Waals surface area contributed by atoms with Gasteiger partial charge in [0.15, 0.2) is 0 Å². The van der Waals surface area contributed by atoms with Gasteiger partial charge in [-0.3, -0.25) is 4.79 Å². The average Bonchev–Trinajstić information content (AvgIpc) is 2.95. The molecule has 0 unspecified atom stereocenters. The van der Waals surface area contributed by atoms with Gasteiger partial charge in [-0.1, -0.05) is 12.1 Å². The van der Waals surface area contributed by atoms with Crippen LogP contribution in [0.4, 0.5) is 5.69 Å². The quantitative estimate of drug-likeness (QED) is 0.633. The van der Waals surface area contributed by atoms with E-state index >= 15 is 0 Å². The lowest BCUT2D eigenvalue weighted by Crippen LogP contribution is -2.22. The van der Waals surface area contributed by atoms with Crippen LogP contribution in [-0.4, -0.2) is 25.7 Å². The molecule has 4 rings (SSSR count). The van der Waals surface area contributed by atoms with Crippen molar-refractivity contribution in [1.82, 2.24) is 9.55 Å². The fourth-order valence-electron chi connectivity index (χ4n) is 2.94. The van der Waals surface area contributed by atoms with Crippen molar-refractivity contribution in [3.8, 4) is 5.75 Å². The molecule has 2 heterocycles. The first kappa shape index (κ1) is 14.3. The van der Waals surface area contributed by atoms with Gasteiger partial charge in [-0.15, -0.1) is 0 Å². The predicted octanol–water partition coefficient (Wildman–Crippen LogP) is 3.05. The molecule has 0 spiro atoms. The molecule has 0 saturated carbocycles. The van der Waals surface area contributed by atoms with Crippen molar-refractivity contribution in [3.63, 3.8) is 0 Å². The summed E-state index contributed by atoms with van der Waals surface area (Å²) in [6, 6.07) is 13.8. The third-order valence-corrected chi connectivity index (χ3v) is 4.09. The third-order valence-electron chi connectivity index (χ3n) is 4.09. The molecule has 2 aromatic carbocycles. The number of amides is 1. The van der Waals surface area contributed by atoms with Gasteiger partial charge in [0, 0.05) is 18.7 Å². The highest BCUT2D eigenvalue weighted by atomic mass is 16.3. The summed E-state index contributed by atoms with van der Waals surface area (Å²) in [5.74, 6) is 0.203. The molecule has 1 aliphatic heterocycles. The molecule has 1 amide bonds. The number of anilines is 1. The minimum Gasteiger partial charge on any atom is -0.511 e. The van der Waals surface area contributed by atoms with Crippen LogP contribution in [0.3, 0.4) is 0 Å². The summed E-state index contributed by atoms with van der Waals surface area (Å²) in [6.07, 6.45) is 0.381. The van der Waals surface area contributed by atoms with Crippen molar-refractivity contribution in [2.24, 2.45) is 0 Å². The monoisotopic (exact) mass is 321 g/mol. The number of fused-ring (bicyclic) bond motifs is 3. The Balaban J connectivity index is 1.74. The number of allylic oxidation sites excluding steroid dienone is 1. The van der Waals surface area contributed by atoms with E-state index in [-0.39, 0.29) is 17.1 Å². The number of phenolic OH excluding ortho intramolecular Hbond substituents is 1. The van der Waals surface area contributed by atoms with Gasteiger partial charge >= 0.3 is 0 Å². The second kappa shape index (κ2) is 5.42. The van der Waals surface area contributed by atoms with Gasteiger partial charge in [0.05, 0.1) is 11.0 Å². The van der Waals surface area contributed by atoms with Crippen molar-refractivity contribution >= 4 is 28.2 Å². The zero-order valence-corrected chi connectivity index (χ0v) is 12.7. The number of hydrogen-bond donors (Lipinski definition) is 3. The summed E-state index contributed by atoms with van der Waals surface area (Å²) in [6.45, 7) is 0.581. The van der Waals surface area contributed by atoms with E-state index in [2.05, 4.69) is 10.3 Å². The van der Waals surface area contributed by atoms with Crippen LogP contribution < -0.4 is 5.32 Å². The molecule has 0 aliphatic carbocycles. The first-order valence-corrected chi connectivity index (χ1v) is 7.61. The van der Waals surface area contributed by atoms with Crippen LogP contribution in [0, 0.1) is 0 Å². The van der Waals surface area contributed by atoms with Crippen LogP contribution in [0.15, 0.2) is 54.3 Å². The van der Waals surface area contributed by atoms with E-state index in [1.54, 1.807) is 12.1 Å². The number of aryl methyl sites for hydroxylation is 1. The van der Waals surface area contributed by atoms with Crippen LogP contribution in [0.2, 0.25) is 0 Å². The lowest BCUT2D eigenvalue weighted by Gasteiger charge is -2.18. The molecule has 3 aromatic rings. The smallest absolute Gasteiger partial charge is 0.262 e. The van der Waals surface area contributed by atoms with Crippen molar-refractivity contribution in [3.05, 3.63) is 60.1 Å². The Bertz CT molecular complexity index is 971. The number of hydrogen-bond acceptors (Lipinski definition) is 4. The molecule has 6 heteroatoms. The third kappa shape index (κ3) is 2.28. The first-order valence-electron chi connectivity index (χ1n) is 7.61. The summed E-state index contributed by atoms with van der Waals surface area (Å²) < 4.78 is 1.95. The largest absolute Gasteiger partial charge is 0.511 e. The molecule has 0 radical (unpaired) electrons. The van der Waals surface area contributed by atoms with Gasteiger partial charge in [-0.2, -0.15) is 0 Å². The molecule has 0 saturated heterocycles. The Morgan fingerprint density at radius 3 is 2.62 bits per heavy atom. The van der Waals surface area contributed by atoms with E-state index in [0.717, 1.165) is 11.0 Å². The van der Waals surface area contributed by atoms with Crippen LogP contribution in [0.1, 0.15) is 12.2 Å². The standard InChI is InChI=1S/C18H15N3O3/c22-12-7-5-11(6-8-12)19-18(24)16-15(23)9-10-21-14-4-2-1-3-13(14)20-17(16)21/h1-8,22-23H,9-10H2,(H,19,24). The summed E-state index contributed by atoms with van der Waals surface area (Å²) in [7, 11) is 0. The number of nitrogens with zero attached hydrogens (tertiary/aromatic N) is 2. The van der Waals surface area contributed by atoms with Crippen LogP contribution in [-0.2, 0) is 11.3 Å². The Labute approximate surface area is 137 Å².